The minimum Gasteiger partial charge on any atom is -0.461 e. The molecule has 1 saturated heterocycles. The van der Waals surface area contributed by atoms with Crippen LogP contribution in [-0.2, 0) is 6.42 Å². The lowest BCUT2D eigenvalue weighted by Gasteiger charge is -2.31. The fourth-order valence-electron chi connectivity index (χ4n) is 3.55. The van der Waals surface area contributed by atoms with Crippen molar-refractivity contribution in [1.82, 2.24) is 25.4 Å². The maximum atomic E-state index is 5.34. The number of H-pyrrole nitrogens is 1. The molecule has 1 aliphatic rings. The summed E-state index contributed by atoms with van der Waals surface area (Å²) in [4.78, 5) is 11.6. The molecule has 2 aromatic heterocycles. The highest BCUT2D eigenvalue weighted by atomic mass is 16.3. The average Bonchev–Trinajstić information content (AvgIpc) is 3.47. The van der Waals surface area contributed by atoms with E-state index in [1.807, 2.05) is 12.1 Å². The normalized spacial score (nSPS) is 14.8. The number of hydrogen-bond acceptors (Lipinski definition) is 4. The lowest BCUT2D eigenvalue weighted by Crippen LogP contribution is -2.44. The van der Waals surface area contributed by atoms with Gasteiger partial charge in [-0.05, 0) is 37.5 Å². The van der Waals surface area contributed by atoms with Gasteiger partial charge >= 0.3 is 0 Å². The van der Waals surface area contributed by atoms with E-state index in [2.05, 4.69) is 68.7 Å². The van der Waals surface area contributed by atoms with Crippen molar-refractivity contribution >= 4 is 12.0 Å². The molecule has 7 heteroatoms. The molecule has 0 bridgehead atoms. The van der Waals surface area contributed by atoms with E-state index in [0.29, 0.717) is 24.6 Å². The lowest BCUT2D eigenvalue weighted by atomic mass is 10.0. The molecule has 1 aliphatic heterocycles. The summed E-state index contributed by atoms with van der Waals surface area (Å²) in [5.41, 5.74) is 2.78. The zero-order valence-electron chi connectivity index (χ0n) is 17.3. The molecule has 0 radical (unpaired) electrons. The van der Waals surface area contributed by atoms with E-state index in [1.54, 1.807) is 6.26 Å². The van der Waals surface area contributed by atoms with Gasteiger partial charge in [-0.25, -0.2) is 4.98 Å². The van der Waals surface area contributed by atoms with E-state index in [-0.39, 0.29) is 0 Å². The third-order valence-corrected chi connectivity index (χ3v) is 5.09. The average molecular weight is 405 g/mol. The molecule has 3 aromatic rings. The number of rotatable bonds is 6. The summed E-state index contributed by atoms with van der Waals surface area (Å²) >= 11 is 0. The smallest absolute Gasteiger partial charge is 0.216 e. The van der Waals surface area contributed by atoms with Crippen LogP contribution in [0.5, 0.6) is 0 Å². The standard InChI is InChI=1S/C23H28N6O/c1-2-24-23(25-13-10-21-26-22(28-27-21)20-9-6-16-30-20)29-14-11-19(12-15-29)17-18-7-4-3-5-8-18/h3-9,16-17H,2,10-15H2,1H3,(H,24,25)(H,26,27,28). The van der Waals surface area contributed by atoms with Crippen molar-refractivity contribution in [3.8, 4) is 11.6 Å². The lowest BCUT2D eigenvalue weighted by molar-refractivity contribution is 0.375. The summed E-state index contributed by atoms with van der Waals surface area (Å²) in [6, 6.07) is 14.2. The second kappa shape index (κ2) is 9.91. The quantitative estimate of drug-likeness (QED) is 0.483. The monoisotopic (exact) mass is 404 g/mol. The Balaban J connectivity index is 1.32. The maximum Gasteiger partial charge on any atom is 0.216 e. The van der Waals surface area contributed by atoms with Crippen LogP contribution < -0.4 is 5.32 Å². The van der Waals surface area contributed by atoms with Gasteiger partial charge in [-0.2, -0.15) is 5.10 Å². The van der Waals surface area contributed by atoms with Gasteiger partial charge in [0, 0.05) is 32.6 Å². The molecule has 156 valence electrons. The maximum absolute atomic E-state index is 5.34. The first-order valence-electron chi connectivity index (χ1n) is 10.5. The van der Waals surface area contributed by atoms with Crippen molar-refractivity contribution < 1.29 is 4.42 Å². The molecule has 3 heterocycles. The SMILES string of the molecule is CCNC(=NCCc1nc(-c2ccco2)n[nH]1)N1CCC(=Cc2ccccc2)CC1. The fraction of sp³-hybridized carbons (Fsp3) is 0.348. The summed E-state index contributed by atoms with van der Waals surface area (Å²) in [5, 5.41) is 10.6. The van der Waals surface area contributed by atoms with E-state index in [0.717, 1.165) is 44.3 Å². The van der Waals surface area contributed by atoms with E-state index < -0.39 is 0 Å². The van der Waals surface area contributed by atoms with Crippen LogP contribution in [0, 0.1) is 0 Å². The van der Waals surface area contributed by atoms with Crippen LogP contribution in [-0.4, -0.2) is 52.2 Å². The van der Waals surface area contributed by atoms with Crippen molar-refractivity contribution in [2.24, 2.45) is 4.99 Å². The van der Waals surface area contributed by atoms with Crippen LogP contribution in [0.15, 0.2) is 63.7 Å². The zero-order valence-corrected chi connectivity index (χ0v) is 17.3. The van der Waals surface area contributed by atoms with Gasteiger partial charge in [0.2, 0.25) is 5.82 Å². The number of nitrogens with one attached hydrogen (secondary N) is 2. The van der Waals surface area contributed by atoms with Gasteiger partial charge in [0.25, 0.3) is 0 Å². The van der Waals surface area contributed by atoms with Gasteiger partial charge in [0.15, 0.2) is 11.7 Å². The van der Waals surface area contributed by atoms with Crippen molar-refractivity contribution in [3.05, 3.63) is 65.7 Å². The van der Waals surface area contributed by atoms with Crippen molar-refractivity contribution in [1.29, 1.82) is 0 Å². The minimum atomic E-state index is 0.583. The number of likely N-dealkylation sites (tertiary alicyclic amines) is 1. The van der Waals surface area contributed by atoms with Crippen molar-refractivity contribution in [2.45, 2.75) is 26.2 Å². The number of guanidine groups is 1. The molecule has 0 amide bonds. The number of furan rings is 1. The largest absolute Gasteiger partial charge is 0.461 e. The number of aromatic nitrogens is 3. The van der Waals surface area contributed by atoms with Crippen molar-refractivity contribution in [2.75, 3.05) is 26.2 Å². The highest BCUT2D eigenvalue weighted by Crippen LogP contribution is 2.19. The first-order chi connectivity index (χ1) is 14.8. The number of aromatic amines is 1. The Labute approximate surface area is 176 Å². The first kappa shape index (κ1) is 19.9. The number of piperidine rings is 1. The van der Waals surface area contributed by atoms with Gasteiger partial charge in [0.05, 0.1) is 6.26 Å². The predicted molar refractivity (Wildman–Crippen MR) is 119 cm³/mol. The van der Waals surface area contributed by atoms with Crippen LogP contribution in [0.4, 0.5) is 0 Å². The molecule has 0 aliphatic carbocycles. The van der Waals surface area contributed by atoms with E-state index in [4.69, 9.17) is 9.41 Å². The molecular formula is C23H28N6O. The second-order valence-electron chi connectivity index (χ2n) is 7.27. The molecule has 0 unspecified atom stereocenters. The third kappa shape index (κ3) is 5.17. The van der Waals surface area contributed by atoms with Gasteiger partial charge < -0.3 is 14.6 Å². The molecular weight excluding hydrogens is 376 g/mol. The Hall–Kier alpha value is -3.35. The fourth-order valence-corrected chi connectivity index (χ4v) is 3.55. The highest BCUT2D eigenvalue weighted by Gasteiger charge is 2.17. The Bertz CT molecular complexity index is 964. The molecule has 1 aromatic carbocycles. The summed E-state index contributed by atoms with van der Waals surface area (Å²) in [7, 11) is 0. The number of benzene rings is 1. The topological polar surface area (TPSA) is 82.3 Å². The molecule has 0 saturated carbocycles. The van der Waals surface area contributed by atoms with Gasteiger partial charge in [0.1, 0.15) is 5.82 Å². The highest BCUT2D eigenvalue weighted by molar-refractivity contribution is 5.80. The summed E-state index contributed by atoms with van der Waals surface area (Å²) in [5.74, 6) is 3.04. The molecule has 0 spiro atoms. The van der Waals surface area contributed by atoms with Crippen molar-refractivity contribution in [3.63, 3.8) is 0 Å². The predicted octanol–water partition coefficient (Wildman–Crippen LogP) is 3.75. The van der Waals surface area contributed by atoms with E-state index >= 15 is 0 Å². The number of hydrogen-bond donors (Lipinski definition) is 2. The number of aliphatic imine (C=N–C) groups is 1. The van der Waals surface area contributed by atoms with E-state index in [1.165, 1.54) is 11.1 Å². The van der Waals surface area contributed by atoms with Crippen LogP contribution >= 0.6 is 0 Å². The second-order valence-corrected chi connectivity index (χ2v) is 7.27. The Morgan fingerprint density at radius 2 is 2.03 bits per heavy atom. The van der Waals surface area contributed by atoms with Crippen LogP contribution in [0.3, 0.4) is 0 Å². The van der Waals surface area contributed by atoms with E-state index in [9.17, 15) is 0 Å². The third-order valence-electron chi connectivity index (χ3n) is 5.09. The Morgan fingerprint density at radius 1 is 1.20 bits per heavy atom. The summed E-state index contributed by atoms with van der Waals surface area (Å²) in [6.07, 6.45) is 6.77. The number of nitrogens with zero attached hydrogens (tertiary/aromatic N) is 4. The summed E-state index contributed by atoms with van der Waals surface area (Å²) < 4.78 is 5.34. The molecule has 4 rings (SSSR count). The van der Waals surface area contributed by atoms with Crippen LogP contribution in [0.1, 0.15) is 31.2 Å². The molecule has 30 heavy (non-hydrogen) atoms. The first-order valence-corrected chi connectivity index (χ1v) is 10.5. The zero-order chi connectivity index (χ0) is 20.6. The molecule has 1 fully saturated rings. The minimum absolute atomic E-state index is 0.583. The van der Waals surface area contributed by atoms with Gasteiger partial charge in [-0.1, -0.05) is 42.0 Å². The van der Waals surface area contributed by atoms with Gasteiger partial charge in [-0.3, -0.25) is 10.1 Å². The van der Waals surface area contributed by atoms with Crippen LogP contribution in [0.25, 0.3) is 17.7 Å². The molecule has 2 N–H and O–H groups in total. The van der Waals surface area contributed by atoms with Crippen LogP contribution in [0.2, 0.25) is 0 Å². The molecule has 7 nitrogen and oxygen atoms in total. The Kier molecular flexibility index (Phi) is 6.59. The molecule has 0 atom stereocenters. The summed E-state index contributed by atoms with van der Waals surface area (Å²) in [6.45, 7) is 5.57. The van der Waals surface area contributed by atoms with Gasteiger partial charge in [-0.15, -0.1) is 0 Å². The Morgan fingerprint density at radius 3 is 2.77 bits per heavy atom.